The van der Waals surface area contributed by atoms with Crippen LogP contribution in [-0.2, 0) is 6.54 Å². The lowest BCUT2D eigenvalue weighted by Gasteiger charge is -2.06. The summed E-state index contributed by atoms with van der Waals surface area (Å²) in [5, 5.41) is 5.74. The minimum absolute atomic E-state index is 0.508. The molecule has 0 spiro atoms. The quantitative estimate of drug-likeness (QED) is 0.820. The summed E-state index contributed by atoms with van der Waals surface area (Å²) in [6, 6.07) is 5.87. The van der Waals surface area contributed by atoms with Gasteiger partial charge in [-0.2, -0.15) is 5.10 Å². The van der Waals surface area contributed by atoms with Crippen LogP contribution in [0.5, 0.6) is 5.75 Å². The number of nitrogens with zero attached hydrogens (tertiary/aromatic N) is 2. The van der Waals surface area contributed by atoms with Crippen LogP contribution in [0.2, 0.25) is 5.15 Å². The van der Waals surface area contributed by atoms with Crippen LogP contribution in [-0.4, -0.2) is 16.9 Å². The van der Waals surface area contributed by atoms with Crippen molar-refractivity contribution < 1.29 is 4.74 Å². The molecule has 86 valence electrons. The van der Waals surface area contributed by atoms with E-state index in [9.17, 15) is 0 Å². The van der Waals surface area contributed by atoms with Crippen LogP contribution in [0.15, 0.2) is 18.2 Å². The number of hydrogen-bond donors (Lipinski definition) is 0. The molecule has 0 bridgehead atoms. The smallest absolute Gasteiger partial charge is 0.162 e. The van der Waals surface area contributed by atoms with E-state index in [1.165, 1.54) is 0 Å². The molecule has 3 nitrogen and oxygen atoms in total. The average molecular weight is 239 g/mol. The van der Waals surface area contributed by atoms with Gasteiger partial charge in [0.25, 0.3) is 0 Å². The maximum Gasteiger partial charge on any atom is 0.162 e. The Morgan fingerprint density at radius 2 is 2.19 bits per heavy atom. The highest BCUT2D eigenvalue weighted by Crippen LogP contribution is 2.31. The van der Waals surface area contributed by atoms with Crippen LogP contribution >= 0.6 is 11.6 Å². The molecule has 0 aliphatic heterocycles. The molecule has 0 N–H and O–H groups in total. The highest BCUT2D eigenvalue weighted by atomic mass is 35.5. The number of benzene rings is 1. The van der Waals surface area contributed by atoms with E-state index in [1.54, 1.807) is 7.11 Å². The van der Waals surface area contributed by atoms with Gasteiger partial charge < -0.3 is 4.74 Å². The van der Waals surface area contributed by atoms with E-state index in [1.807, 2.05) is 22.9 Å². The molecule has 0 radical (unpaired) electrons. The van der Waals surface area contributed by atoms with Gasteiger partial charge in [-0.3, -0.25) is 4.68 Å². The predicted octanol–water partition coefficient (Wildman–Crippen LogP) is 3.35. The maximum atomic E-state index is 6.13. The van der Waals surface area contributed by atoms with Crippen molar-refractivity contribution in [1.29, 1.82) is 0 Å². The van der Waals surface area contributed by atoms with Crippen molar-refractivity contribution in [2.45, 2.75) is 20.4 Å². The molecule has 1 heterocycles. The molecule has 4 heteroatoms. The summed E-state index contributed by atoms with van der Waals surface area (Å²) < 4.78 is 7.22. The molecule has 16 heavy (non-hydrogen) atoms. The Morgan fingerprint density at radius 1 is 1.44 bits per heavy atom. The second-order valence-electron chi connectivity index (χ2n) is 4.22. The van der Waals surface area contributed by atoms with Gasteiger partial charge in [-0.1, -0.05) is 31.5 Å². The van der Waals surface area contributed by atoms with Crippen LogP contribution in [0.4, 0.5) is 0 Å². The van der Waals surface area contributed by atoms with E-state index in [0.29, 0.717) is 11.1 Å². The Bertz CT molecular complexity index is 505. The van der Waals surface area contributed by atoms with Crippen molar-refractivity contribution in [2.24, 2.45) is 5.92 Å². The number of ether oxygens (including phenoxy) is 1. The van der Waals surface area contributed by atoms with E-state index in [0.717, 1.165) is 23.2 Å². The van der Waals surface area contributed by atoms with Crippen molar-refractivity contribution in [3.05, 3.63) is 23.4 Å². The standard InChI is InChI=1S/C12H15ClN2O/c1-8(2)7-15-9-5-4-6-10(16-3)11(9)12(13)14-15/h4-6,8H,7H2,1-3H3. The van der Waals surface area contributed by atoms with Gasteiger partial charge in [0.1, 0.15) is 5.75 Å². The van der Waals surface area contributed by atoms with Gasteiger partial charge in [0.15, 0.2) is 5.15 Å². The molecule has 0 saturated heterocycles. The summed E-state index contributed by atoms with van der Waals surface area (Å²) in [6.07, 6.45) is 0. The summed E-state index contributed by atoms with van der Waals surface area (Å²) in [5.74, 6) is 1.31. The molecule has 0 saturated carbocycles. The minimum Gasteiger partial charge on any atom is -0.496 e. The van der Waals surface area contributed by atoms with E-state index in [-0.39, 0.29) is 0 Å². The van der Waals surface area contributed by atoms with Crippen molar-refractivity contribution in [2.75, 3.05) is 7.11 Å². The molecule has 2 rings (SSSR count). The van der Waals surface area contributed by atoms with Crippen molar-refractivity contribution in [1.82, 2.24) is 9.78 Å². The molecule has 0 aliphatic carbocycles. The fraction of sp³-hybridized carbons (Fsp3) is 0.417. The van der Waals surface area contributed by atoms with Crippen LogP contribution in [0.3, 0.4) is 0 Å². The number of halogens is 1. The number of methoxy groups -OCH3 is 1. The first kappa shape index (κ1) is 11.3. The molecule has 0 fully saturated rings. The highest BCUT2D eigenvalue weighted by Gasteiger charge is 2.13. The number of rotatable bonds is 3. The Morgan fingerprint density at radius 3 is 2.81 bits per heavy atom. The number of fused-ring (bicyclic) bond motifs is 1. The van der Waals surface area contributed by atoms with Gasteiger partial charge in [-0.05, 0) is 18.1 Å². The van der Waals surface area contributed by atoms with Gasteiger partial charge >= 0.3 is 0 Å². The third-order valence-electron chi connectivity index (χ3n) is 2.46. The number of aromatic nitrogens is 2. The first-order valence-electron chi connectivity index (χ1n) is 5.32. The maximum absolute atomic E-state index is 6.13. The predicted molar refractivity (Wildman–Crippen MR) is 66.1 cm³/mol. The van der Waals surface area contributed by atoms with Gasteiger partial charge in [-0.25, -0.2) is 0 Å². The lowest BCUT2D eigenvalue weighted by atomic mass is 10.2. The van der Waals surface area contributed by atoms with E-state index < -0.39 is 0 Å². The molecule has 1 aromatic heterocycles. The van der Waals surface area contributed by atoms with E-state index in [2.05, 4.69) is 18.9 Å². The van der Waals surface area contributed by atoms with Crippen LogP contribution in [0.1, 0.15) is 13.8 Å². The Kier molecular flexibility index (Phi) is 3.06. The Hall–Kier alpha value is -1.22. The largest absolute Gasteiger partial charge is 0.496 e. The summed E-state index contributed by atoms with van der Waals surface area (Å²) in [5.41, 5.74) is 1.03. The van der Waals surface area contributed by atoms with Crippen LogP contribution in [0, 0.1) is 5.92 Å². The summed E-state index contributed by atoms with van der Waals surface area (Å²) >= 11 is 6.13. The van der Waals surface area contributed by atoms with Crippen molar-refractivity contribution >= 4 is 22.5 Å². The fourth-order valence-electron chi connectivity index (χ4n) is 1.81. The average Bonchev–Trinajstić information content (AvgIpc) is 2.55. The fourth-order valence-corrected chi connectivity index (χ4v) is 2.09. The first-order valence-corrected chi connectivity index (χ1v) is 5.70. The SMILES string of the molecule is COc1cccc2c1c(Cl)nn2CC(C)C. The molecule has 0 amide bonds. The van der Waals surface area contributed by atoms with Gasteiger partial charge in [0.2, 0.25) is 0 Å². The normalized spacial score (nSPS) is 11.3. The molecular formula is C12H15ClN2O. The van der Waals surface area contributed by atoms with Gasteiger partial charge in [-0.15, -0.1) is 0 Å². The minimum atomic E-state index is 0.508. The third-order valence-corrected chi connectivity index (χ3v) is 2.72. The molecule has 2 aromatic rings. The highest BCUT2D eigenvalue weighted by molar-refractivity contribution is 6.34. The van der Waals surface area contributed by atoms with E-state index in [4.69, 9.17) is 16.3 Å². The van der Waals surface area contributed by atoms with Gasteiger partial charge in [0, 0.05) is 6.54 Å². The molecule has 1 aromatic carbocycles. The monoisotopic (exact) mass is 238 g/mol. The van der Waals surface area contributed by atoms with Crippen LogP contribution in [0.25, 0.3) is 10.9 Å². The zero-order chi connectivity index (χ0) is 11.7. The van der Waals surface area contributed by atoms with E-state index >= 15 is 0 Å². The molecular weight excluding hydrogens is 224 g/mol. The van der Waals surface area contributed by atoms with Gasteiger partial charge in [0.05, 0.1) is 18.0 Å². The first-order chi connectivity index (χ1) is 7.63. The second kappa shape index (κ2) is 4.34. The number of hydrogen-bond acceptors (Lipinski definition) is 2. The molecule has 0 atom stereocenters. The lowest BCUT2D eigenvalue weighted by molar-refractivity contribution is 0.420. The lowest BCUT2D eigenvalue weighted by Crippen LogP contribution is -2.05. The van der Waals surface area contributed by atoms with Crippen molar-refractivity contribution in [3.8, 4) is 5.75 Å². The van der Waals surface area contributed by atoms with Crippen molar-refractivity contribution in [3.63, 3.8) is 0 Å². The molecule has 0 aliphatic rings. The summed E-state index contributed by atoms with van der Waals surface area (Å²) in [6.45, 7) is 5.17. The van der Waals surface area contributed by atoms with Crippen LogP contribution < -0.4 is 4.74 Å². The Labute approximate surface area is 100.0 Å². The zero-order valence-electron chi connectivity index (χ0n) is 9.70. The Balaban J connectivity index is 2.62. The summed E-state index contributed by atoms with van der Waals surface area (Å²) in [4.78, 5) is 0. The second-order valence-corrected chi connectivity index (χ2v) is 4.58. The third kappa shape index (κ3) is 1.87. The summed E-state index contributed by atoms with van der Waals surface area (Å²) in [7, 11) is 1.64. The molecule has 0 unspecified atom stereocenters. The zero-order valence-corrected chi connectivity index (χ0v) is 10.5. The topological polar surface area (TPSA) is 27.1 Å².